The van der Waals surface area contributed by atoms with Crippen molar-refractivity contribution in [2.45, 2.75) is 6.92 Å². The molecule has 1 aromatic carbocycles. The molecule has 0 saturated carbocycles. The summed E-state index contributed by atoms with van der Waals surface area (Å²) in [6, 6.07) is 10.2. The van der Waals surface area contributed by atoms with Crippen molar-refractivity contribution < 1.29 is 0 Å². The average molecular weight is 243 g/mol. The van der Waals surface area contributed by atoms with Gasteiger partial charge >= 0.3 is 0 Å². The minimum atomic E-state index is 0.886. The van der Waals surface area contributed by atoms with Crippen molar-refractivity contribution in [1.82, 2.24) is 9.97 Å². The maximum absolute atomic E-state index is 4.59. The number of aryl methyl sites for hydroxylation is 1. The van der Waals surface area contributed by atoms with Crippen molar-refractivity contribution in [3.63, 3.8) is 0 Å². The molecule has 0 aliphatic rings. The first kappa shape index (κ1) is 10.4. The number of fused-ring (bicyclic) bond motifs is 1. The van der Waals surface area contributed by atoms with Gasteiger partial charge in [-0.3, -0.25) is 0 Å². The lowest BCUT2D eigenvalue weighted by Gasteiger charge is -2.14. The fraction of sp³-hybridized carbons (Fsp3) is 0.154. The highest BCUT2D eigenvalue weighted by molar-refractivity contribution is 7.14. The predicted octanol–water partition coefficient (Wildman–Crippen LogP) is 3.70. The Morgan fingerprint density at radius 3 is 2.76 bits per heavy atom. The fourth-order valence-corrected chi connectivity index (χ4v) is 2.80. The number of rotatable bonds is 2. The molecule has 4 heteroatoms. The summed E-state index contributed by atoms with van der Waals surface area (Å²) in [5, 5.41) is 3.33. The minimum Gasteiger partial charge on any atom is -0.324 e. The monoisotopic (exact) mass is 243 g/mol. The highest BCUT2D eigenvalue weighted by Gasteiger charge is 2.11. The van der Waals surface area contributed by atoms with E-state index in [1.54, 1.807) is 11.3 Å². The number of nitrogens with zero attached hydrogens (tertiary/aromatic N) is 2. The zero-order chi connectivity index (χ0) is 11.8. The van der Waals surface area contributed by atoms with Gasteiger partial charge < -0.3 is 9.88 Å². The third kappa shape index (κ3) is 1.70. The van der Waals surface area contributed by atoms with Crippen molar-refractivity contribution >= 4 is 33.3 Å². The third-order valence-electron chi connectivity index (χ3n) is 2.83. The van der Waals surface area contributed by atoms with E-state index in [-0.39, 0.29) is 0 Å². The summed E-state index contributed by atoms with van der Waals surface area (Å²) in [6.45, 7) is 2.12. The summed E-state index contributed by atoms with van der Waals surface area (Å²) in [5.74, 6) is 0.886. The smallest absolute Gasteiger partial charge is 0.208 e. The van der Waals surface area contributed by atoms with Gasteiger partial charge in [-0.15, -0.1) is 11.3 Å². The molecule has 1 N–H and O–H groups in total. The number of nitrogens with one attached hydrogen (secondary N) is 1. The van der Waals surface area contributed by atoms with Gasteiger partial charge in [0.05, 0.1) is 11.0 Å². The van der Waals surface area contributed by atoms with E-state index in [0.717, 1.165) is 17.0 Å². The molecule has 0 bridgehead atoms. The van der Waals surface area contributed by atoms with E-state index in [1.807, 2.05) is 31.3 Å². The van der Waals surface area contributed by atoms with Crippen LogP contribution < -0.4 is 4.90 Å². The number of aromatic amines is 1. The predicted molar refractivity (Wildman–Crippen MR) is 73.2 cm³/mol. The minimum absolute atomic E-state index is 0.886. The first-order chi connectivity index (χ1) is 8.25. The Bertz CT molecular complexity index is 620. The van der Waals surface area contributed by atoms with Gasteiger partial charge in [-0.2, -0.15) is 0 Å². The summed E-state index contributed by atoms with van der Waals surface area (Å²) in [6.07, 6.45) is 0. The van der Waals surface area contributed by atoms with E-state index < -0.39 is 0 Å². The number of para-hydroxylation sites is 2. The Kier molecular flexibility index (Phi) is 2.37. The molecule has 86 valence electrons. The van der Waals surface area contributed by atoms with Crippen LogP contribution >= 0.6 is 11.3 Å². The van der Waals surface area contributed by atoms with Crippen LogP contribution in [0.1, 0.15) is 5.56 Å². The van der Waals surface area contributed by atoms with Crippen molar-refractivity contribution in [3.05, 3.63) is 41.3 Å². The molecule has 0 aliphatic carbocycles. The topological polar surface area (TPSA) is 31.9 Å². The highest BCUT2D eigenvalue weighted by Crippen LogP contribution is 2.30. The number of thiophene rings is 1. The molecule has 0 amide bonds. The van der Waals surface area contributed by atoms with Crippen LogP contribution in [0.4, 0.5) is 10.9 Å². The van der Waals surface area contributed by atoms with Crippen LogP contribution in [0, 0.1) is 6.92 Å². The average Bonchev–Trinajstić information content (AvgIpc) is 2.93. The van der Waals surface area contributed by atoms with Crippen molar-refractivity contribution in [3.8, 4) is 0 Å². The molecule has 3 rings (SSSR count). The molecule has 2 aromatic heterocycles. The zero-order valence-corrected chi connectivity index (χ0v) is 10.6. The molecule has 0 saturated heterocycles. The van der Waals surface area contributed by atoms with E-state index in [4.69, 9.17) is 0 Å². The standard InChI is InChI=1S/C13H13N3S/c1-9-7-8-17-12(9)16(2)13-14-10-5-3-4-6-11(10)15-13/h3-8H,1-2H3,(H,14,15). The molecule has 0 aliphatic heterocycles. The highest BCUT2D eigenvalue weighted by atomic mass is 32.1. The van der Waals surface area contributed by atoms with E-state index in [0.29, 0.717) is 0 Å². The SMILES string of the molecule is Cc1ccsc1N(C)c1nc2ccccc2[nH]1. The van der Waals surface area contributed by atoms with Gasteiger partial charge in [0.25, 0.3) is 0 Å². The lowest BCUT2D eigenvalue weighted by molar-refractivity contribution is 1.11. The van der Waals surface area contributed by atoms with E-state index in [2.05, 4.69) is 33.2 Å². The fourth-order valence-electron chi connectivity index (χ4n) is 1.90. The first-order valence-corrected chi connectivity index (χ1v) is 6.36. The summed E-state index contributed by atoms with van der Waals surface area (Å²) in [5.41, 5.74) is 3.35. The molecule has 0 fully saturated rings. The Morgan fingerprint density at radius 2 is 2.06 bits per heavy atom. The van der Waals surface area contributed by atoms with Crippen molar-refractivity contribution in [2.75, 3.05) is 11.9 Å². The van der Waals surface area contributed by atoms with Crippen LogP contribution in [-0.4, -0.2) is 17.0 Å². The second kappa shape index (κ2) is 3.89. The van der Waals surface area contributed by atoms with E-state index in [9.17, 15) is 0 Å². The summed E-state index contributed by atoms with van der Waals surface area (Å²) in [7, 11) is 2.04. The largest absolute Gasteiger partial charge is 0.324 e. The van der Waals surface area contributed by atoms with Crippen LogP contribution in [0.15, 0.2) is 35.7 Å². The van der Waals surface area contributed by atoms with Gasteiger partial charge in [-0.25, -0.2) is 4.98 Å². The number of anilines is 2. The van der Waals surface area contributed by atoms with Gasteiger partial charge in [-0.1, -0.05) is 12.1 Å². The quantitative estimate of drug-likeness (QED) is 0.744. The van der Waals surface area contributed by atoms with E-state index >= 15 is 0 Å². The van der Waals surface area contributed by atoms with Crippen LogP contribution in [0.25, 0.3) is 11.0 Å². The summed E-state index contributed by atoms with van der Waals surface area (Å²) >= 11 is 1.73. The van der Waals surface area contributed by atoms with Crippen LogP contribution in [0.3, 0.4) is 0 Å². The number of hydrogen-bond acceptors (Lipinski definition) is 3. The molecule has 3 nitrogen and oxygen atoms in total. The Morgan fingerprint density at radius 1 is 1.24 bits per heavy atom. The number of aromatic nitrogens is 2. The molecule has 0 atom stereocenters. The van der Waals surface area contributed by atoms with Gasteiger partial charge in [-0.05, 0) is 36.1 Å². The Balaban J connectivity index is 2.07. The summed E-state index contributed by atoms with van der Waals surface area (Å²) < 4.78 is 0. The number of imidazole rings is 1. The molecule has 2 heterocycles. The maximum Gasteiger partial charge on any atom is 0.208 e. The number of H-pyrrole nitrogens is 1. The van der Waals surface area contributed by atoms with Gasteiger partial charge in [0.15, 0.2) is 0 Å². The van der Waals surface area contributed by atoms with Gasteiger partial charge in [0.1, 0.15) is 5.00 Å². The molecule has 3 aromatic rings. The normalized spacial score (nSPS) is 10.9. The lowest BCUT2D eigenvalue weighted by Crippen LogP contribution is -2.10. The van der Waals surface area contributed by atoms with Crippen molar-refractivity contribution in [1.29, 1.82) is 0 Å². The zero-order valence-electron chi connectivity index (χ0n) is 9.77. The molecular weight excluding hydrogens is 230 g/mol. The molecule has 0 radical (unpaired) electrons. The third-order valence-corrected chi connectivity index (χ3v) is 3.93. The van der Waals surface area contributed by atoms with Gasteiger partial charge in [0, 0.05) is 7.05 Å². The molecule has 17 heavy (non-hydrogen) atoms. The maximum atomic E-state index is 4.59. The number of hydrogen-bond donors (Lipinski definition) is 1. The van der Waals surface area contributed by atoms with Gasteiger partial charge in [0.2, 0.25) is 5.95 Å². The Hall–Kier alpha value is -1.81. The summed E-state index contributed by atoms with van der Waals surface area (Å²) in [4.78, 5) is 10.0. The van der Waals surface area contributed by atoms with Crippen LogP contribution in [0.5, 0.6) is 0 Å². The van der Waals surface area contributed by atoms with Crippen molar-refractivity contribution in [2.24, 2.45) is 0 Å². The Labute approximate surface area is 104 Å². The van der Waals surface area contributed by atoms with E-state index in [1.165, 1.54) is 10.6 Å². The van der Waals surface area contributed by atoms with Crippen LogP contribution in [0.2, 0.25) is 0 Å². The second-order valence-corrected chi connectivity index (χ2v) is 4.94. The van der Waals surface area contributed by atoms with Crippen LogP contribution in [-0.2, 0) is 0 Å². The number of benzene rings is 1. The molecular formula is C13H13N3S. The molecule has 0 unspecified atom stereocenters. The second-order valence-electron chi connectivity index (χ2n) is 4.05. The lowest BCUT2D eigenvalue weighted by atomic mass is 10.3. The first-order valence-electron chi connectivity index (χ1n) is 5.48. The molecule has 0 spiro atoms.